The Bertz CT molecular complexity index is 610. The third-order valence-corrected chi connectivity index (χ3v) is 4.99. The number of thioether (sulfide) groups is 1. The van der Waals surface area contributed by atoms with Gasteiger partial charge in [-0.2, -0.15) is 11.8 Å². The maximum atomic E-state index is 12.6. The zero-order valence-corrected chi connectivity index (χ0v) is 16.7. The maximum Gasteiger partial charge on any atom is 0.326 e. The van der Waals surface area contributed by atoms with Crippen LogP contribution in [0.4, 0.5) is 0 Å². The van der Waals surface area contributed by atoms with Crippen molar-refractivity contribution in [1.29, 1.82) is 0 Å². The van der Waals surface area contributed by atoms with Crippen molar-refractivity contribution in [2.24, 2.45) is 11.7 Å². The second-order valence-corrected chi connectivity index (χ2v) is 7.43. The molecular weight excluding hydrogens is 370 g/mol. The van der Waals surface area contributed by atoms with Crippen molar-refractivity contribution >= 4 is 29.5 Å². The summed E-state index contributed by atoms with van der Waals surface area (Å²) in [5, 5.41) is 14.5. The molecule has 0 aromatic carbocycles. The Kier molecular flexibility index (Phi) is 9.87. The standard InChI is InChI=1S/C17H29N5O4S/c1-4-10(2)14(16(24)21-13(17(25)26)5-6-27-3)22-15(23)12(18)7-11-8-19-9-20-11/h8-10,12-14H,4-7,18H2,1-3H3,(H,19,20)(H,21,24)(H,22,23)(H,25,26). The molecule has 2 amide bonds. The number of nitrogens with one attached hydrogen (secondary N) is 3. The number of nitrogens with zero attached hydrogens (tertiary/aromatic N) is 1. The summed E-state index contributed by atoms with van der Waals surface area (Å²) in [7, 11) is 0. The minimum absolute atomic E-state index is 0.178. The molecule has 0 aliphatic rings. The lowest BCUT2D eigenvalue weighted by Crippen LogP contribution is -2.57. The van der Waals surface area contributed by atoms with E-state index in [1.54, 1.807) is 6.20 Å². The lowest BCUT2D eigenvalue weighted by Gasteiger charge is -2.26. The first-order valence-electron chi connectivity index (χ1n) is 8.85. The molecule has 0 fully saturated rings. The van der Waals surface area contributed by atoms with Gasteiger partial charge in [0.05, 0.1) is 12.4 Å². The third kappa shape index (κ3) is 7.59. The predicted molar refractivity (Wildman–Crippen MR) is 104 cm³/mol. The highest BCUT2D eigenvalue weighted by Gasteiger charge is 2.30. The highest BCUT2D eigenvalue weighted by Crippen LogP contribution is 2.10. The number of H-pyrrole nitrogens is 1. The largest absolute Gasteiger partial charge is 0.480 e. The van der Waals surface area contributed by atoms with Gasteiger partial charge in [-0.05, 0) is 24.3 Å². The average molecular weight is 400 g/mol. The average Bonchev–Trinajstić information content (AvgIpc) is 3.14. The Morgan fingerprint density at radius 3 is 2.56 bits per heavy atom. The van der Waals surface area contributed by atoms with Gasteiger partial charge >= 0.3 is 5.97 Å². The molecule has 1 aromatic heterocycles. The second kappa shape index (κ2) is 11.6. The summed E-state index contributed by atoms with van der Waals surface area (Å²) in [6.07, 6.45) is 6.14. The first kappa shape index (κ1) is 23.0. The topological polar surface area (TPSA) is 150 Å². The quantitative estimate of drug-likeness (QED) is 0.335. The smallest absolute Gasteiger partial charge is 0.326 e. The molecule has 152 valence electrons. The van der Waals surface area contributed by atoms with Gasteiger partial charge in [-0.25, -0.2) is 9.78 Å². The summed E-state index contributed by atoms with van der Waals surface area (Å²) in [5.41, 5.74) is 6.64. The summed E-state index contributed by atoms with van der Waals surface area (Å²) in [6.45, 7) is 3.71. The van der Waals surface area contributed by atoms with Crippen LogP contribution in [0.2, 0.25) is 0 Å². The molecule has 1 heterocycles. The van der Waals surface area contributed by atoms with E-state index in [0.29, 0.717) is 24.3 Å². The molecule has 0 spiro atoms. The number of aromatic nitrogens is 2. The molecule has 4 atom stereocenters. The van der Waals surface area contributed by atoms with Gasteiger partial charge in [-0.1, -0.05) is 20.3 Å². The summed E-state index contributed by atoms with van der Waals surface area (Å²) >= 11 is 1.50. The molecule has 1 aromatic rings. The number of hydrogen-bond acceptors (Lipinski definition) is 6. The lowest BCUT2D eigenvalue weighted by molar-refractivity contribution is -0.142. The summed E-state index contributed by atoms with van der Waals surface area (Å²) in [6, 6.07) is -2.70. The molecule has 0 saturated carbocycles. The van der Waals surface area contributed by atoms with Crippen LogP contribution in [0.1, 0.15) is 32.4 Å². The maximum absolute atomic E-state index is 12.6. The van der Waals surface area contributed by atoms with Gasteiger partial charge in [0, 0.05) is 18.3 Å². The van der Waals surface area contributed by atoms with Crippen molar-refractivity contribution in [2.45, 2.75) is 51.2 Å². The fourth-order valence-corrected chi connectivity index (χ4v) is 2.91. The van der Waals surface area contributed by atoms with Crippen molar-refractivity contribution in [3.8, 4) is 0 Å². The molecule has 6 N–H and O–H groups in total. The van der Waals surface area contributed by atoms with E-state index >= 15 is 0 Å². The minimum Gasteiger partial charge on any atom is -0.480 e. The third-order valence-electron chi connectivity index (χ3n) is 4.35. The number of aromatic amines is 1. The van der Waals surface area contributed by atoms with Crippen LogP contribution in [0.5, 0.6) is 0 Å². The number of rotatable bonds is 12. The Morgan fingerprint density at radius 2 is 2.04 bits per heavy atom. The molecule has 10 heteroatoms. The monoisotopic (exact) mass is 399 g/mol. The van der Waals surface area contributed by atoms with Gasteiger partial charge in [-0.15, -0.1) is 0 Å². The molecular formula is C17H29N5O4S. The first-order chi connectivity index (χ1) is 12.8. The van der Waals surface area contributed by atoms with Crippen LogP contribution >= 0.6 is 11.8 Å². The van der Waals surface area contributed by atoms with Gasteiger partial charge in [0.25, 0.3) is 0 Å². The molecule has 1 rings (SSSR count). The molecule has 27 heavy (non-hydrogen) atoms. The molecule has 4 unspecified atom stereocenters. The number of carbonyl (C=O) groups is 3. The van der Waals surface area contributed by atoms with Crippen LogP contribution in [0.25, 0.3) is 0 Å². The van der Waals surface area contributed by atoms with Gasteiger partial charge in [-0.3, -0.25) is 9.59 Å². The number of amides is 2. The number of hydrogen-bond donors (Lipinski definition) is 5. The van der Waals surface area contributed by atoms with Crippen molar-refractivity contribution in [2.75, 3.05) is 12.0 Å². The van der Waals surface area contributed by atoms with E-state index in [-0.39, 0.29) is 12.3 Å². The Hall–Kier alpha value is -2.07. The van der Waals surface area contributed by atoms with Crippen molar-refractivity contribution in [1.82, 2.24) is 20.6 Å². The molecule has 0 bridgehead atoms. The number of carboxylic acid groups (broad SMARTS) is 1. The summed E-state index contributed by atoms with van der Waals surface area (Å²) in [5.74, 6) is -1.65. The van der Waals surface area contributed by atoms with Crippen LogP contribution in [0.15, 0.2) is 12.5 Å². The molecule has 0 aliphatic carbocycles. The zero-order valence-electron chi connectivity index (χ0n) is 15.9. The highest BCUT2D eigenvalue weighted by molar-refractivity contribution is 7.98. The summed E-state index contributed by atoms with van der Waals surface area (Å²) in [4.78, 5) is 43.2. The van der Waals surface area contributed by atoms with E-state index in [9.17, 15) is 19.5 Å². The van der Waals surface area contributed by atoms with Crippen molar-refractivity contribution < 1.29 is 19.5 Å². The van der Waals surface area contributed by atoms with Crippen molar-refractivity contribution in [3.63, 3.8) is 0 Å². The normalized spacial score (nSPS) is 15.4. The number of carbonyl (C=O) groups excluding carboxylic acids is 2. The van der Waals surface area contributed by atoms with Gasteiger partial charge in [0.2, 0.25) is 11.8 Å². The van der Waals surface area contributed by atoms with E-state index in [1.807, 2.05) is 20.1 Å². The van der Waals surface area contributed by atoms with Crippen LogP contribution in [0, 0.1) is 5.92 Å². The first-order valence-corrected chi connectivity index (χ1v) is 10.2. The van der Waals surface area contributed by atoms with Gasteiger partial charge in [0.15, 0.2) is 0 Å². The minimum atomic E-state index is -1.09. The number of carboxylic acids is 1. The highest BCUT2D eigenvalue weighted by atomic mass is 32.2. The fourth-order valence-electron chi connectivity index (χ4n) is 2.44. The second-order valence-electron chi connectivity index (χ2n) is 6.44. The van der Waals surface area contributed by atoms with Crippen LogP contribution < -0.4 is 16.4 Å². The molecule has 0 aliphatic heterocycles. The molecule has 0 saturated heterocycles. The van der Waals surface area contributed by atoms with E-state index in [0.717, 1.165) is 0 Å². The van der Waals surface area contributed by atoms with E-state index in [2.05, 4.69) is 20.6 Å². The Balaban J connectivity index is 2.76. The summed E-state index contributed by atoms with van der Waals surface area (Å²) < 4.78 is 0. The number of nitrogens with two attached hydrogens (primary N) is 1. The Morgan fingerprint density at radius 1 is 1.33 bits per heavy atom. The number of aliphatic carboxylic acids is 1. The Labute approximate surface area is 163 Å². The predicted octanol–water partition coefficient (Wildman–Crippen LogP) is 0.133. The van der Waals surface area contributed by atoms with E-state index in [1.165, 1.54) is 18.1 Å². The van der Waals surface area contributed by atoms with Crippen LogP contribution in [-0.2, 0) is 20.8 Å². The lowest BCUT2D eigenvalue weighted by atomic mass is 9.97. The molecule has 9 nitrogen and oxygen atoms in total. The van der Waals surface area contributed by atoms with E-state index < -0.39 is 35.9 Å². The van der Waals surface area contributed by atoms with E-state index in [4.69, 9.17) is 5.73 Å². The SMILES string of the molecule is CCC(C)C(NC(=O)C(N)Cc1cnc[nH]1)C(=O)NC(CCSC)C(=O)O. The van der Waals surface area contributed by atoms with Crippen LogP contribution in [0.3, 0.4) is 0 Å². The number of imidazole rings is 1. The molecule has 0 radical (unpaired) electrons. The van der Waals surface area contributed by atoms with Crippen LogP contribution in [-0.4, -0.2) is 63.0 Å². The fraction of sp³-hybridized carbons (Fsp3) is 0.647. The van der Waals surface area contributed by atoms with Gasteiger partial charge < -0.3 is 26.5 Å². The van der Waals surface area contributed by atoms with Crippen molar-refractivity contribution in [3.05, 3.63) is 18.2 Å². The van der Waals surface area contributed by atoms with Gasteiger partial charge in [0.1, 0.15) is 12.1 Å². The zero-order chi connectivity index (χ0) is 20.4.